The molecule has 0 amide bonds. The monoisotopic (exact) mass is 439 g/mol. The quantitative estimate of drug-likeness (QED) is 0.372. The molecule has 0 fully saturated rings. The van der Waals surface area contributed by atoms with Gasteiger partial charge in [0.1, 0.15) is 18.8 Å². The van der Waals surface area contributed by atoms with Crippen LogP contribution in [0.3, 0.4) is 0 Å². The van der Waals surface area contributed by atoms with Crippen molar-refractivity contribution < 1.29 is 7.36 Å². The topological polar surface area (TPSA) is 45.0 Å². The first kappa shape index (κ1) is 11.8. The van der Waals surface area contributed by atoms with Gasteiger partial charge in [-0.3, -0.25) is 0 Å². The Balaban J connectivity index is 2.62. The second-order valence-corrected chi connectivity index (χ2v) is 5.01. The lowest BCUT2D eigenvalue weighted by molar-refractivity contribution is -0.454. The van der Waals surface area contributed by atoms with Crippen LogP contribution in [-0.2, 0) is 0 Å². The van der Waals surface area contributed by atoms with E-state index in [4.69, 9.17) is 0 Å². The van der Waals surface area contributed by atoms with Crippen molar-refractivity contribution in [2.45, 2.75) is 0 Å². The van der Waals surface area contributed by atoms with Crippen LogP contribution >= 0.6 is 45.5 Å². The number of rotatable bonds is 1. The fourth-order valence-corrected chi connectivity index (χ4v) is 2.19. The molecule has 0 radical (unpaired) electrons. The minimum atomic E-state index is 0.813. The van der Waals surface area contributed by atoms with Crippen molar-refractivity contribution >= 4 is 63.1 Å². The molecule has 0 unspecified atom stereocenters. The van der Waals surface area contributed by atoms with Crippen LogP contribution in [0.1, 0.15) is 5.82 Å². The summed E-state index contributed by atoms with van der Waals surface area (Å²) in [6, 6.07) is 0. The Morgan fingerprint density at radius 2 is 2.25 bits per heavy atom. The standard InChI is InChI=1S/C9H7I2N5/c1-15-3-2-12-4-7(8(15)10)9-14-5-13-6-16(9)11/h2,4-6H,1H3/q+2. The Morgan fingerprint density at radius 3 is 3.00 bits per heavy atom. The SMILES string of the molecule is C[N+]1=C=CN=CC(c2ncnc[n+]2I)=C1I. The molecule has 0 bridgehead atoms. The number of hydrogen-bond donors (Lipinski definition) is 0. The zero-order chi connectivity index (χ0) is 11.5. The summed E-state index contributed by atoms with van der Waals surface area (Å²) in [5, 5.41) is 0. The largest absolute Gasteiger partial charge is 0.290 e. The van der Waals surface area contributed by atoms with Crippen LogP contribution in [0.15, 0.2) is 27.6 Å². The predicted molar refractivity (Wildman–Crippen MR) is 76.8 cm³/mol. The highest BCUT2D eigenvalue weighted by Gasteiger charge is 2.22. The van der Waals surface area contributed by atoms with E-state index < -0.39 is 0 Å². The maximum atomic E-state index is 4.25. The van der Waals surface area contributed by atoms with Crippen LogP contribution in [0.4, 0.5) is 0 Å². The van der Waals surface area contributed by atoms with E-state index in [1.807, 2.05) is 14.4 Å². The Bertz CT molecular complexity index is 555. The lowest BCUT2D eigenvalue weighted by atomic mass is 10.3. The van der Waals surface area contributed by atoms with Gasteiger partial charge in [0.15, 0.2) is 28.7 Å². The van der Waals surface area contributed by atoms with E-state index in [9.17, 15) is 0 Å². The van der Waals surface area contributed by atoms with Gasteiger partial charge in [0.05, 0.1) is 0 Å². The molecule has 1 aliphatic heterocycles. The van der Waals surface area contributed by atoms with E-state index in [0.29, 0.717) is 0 Å². The van der Waals surface area contributed by atoms with Crippen molar-refractivity contribution in [3.05, 3.63) is 28.4 Å². The van der Waals surface area contributed by atoms with Gasteiger partial charge in [-0.25, -0.2) is 4.99 Å². The summed E-state index contributed by atoms with van der Waals surface area (Å²) in [6.07, 6.45) is 6.63. The van der Waals surface area contributed by atoms with Crippen LogP contribution < -0.4 is 2.78 Å². The molecule has 2 rings (SSSR count). The van der Waals surface area contributed by atoms with E-state index in [0.717, 1.165) is 15.1 Å². The van der Waals surface area contributed by atoms with Gasteiger partial charge in [0.25, 0.3) is 15.9 Å². The van der Waals surface area contributed by atoms with E-state index in [1.54, 1.807) is 18.7 Å². The molecule has 2 heterocycles. The van der Waals surface area contributed by atoms with Crippen LogP contribution in [0, 0.1) is 0 Å². The number of aliphatic imine (C=N–C) groups is 1. The first-order valence-electron chi connectivity index (χ1n) is 4.33. The molecular formula is C9H7I2N5+2. The Morgan fingerprint density at radius 1 is 1.44 bits per heavy atom. The maximum absolute atomic E-state index is 4.25. The van der Waals surface area contributed by atoms with Gasteiger partial charge in [-0.15, -0.1) is 4.58 Å². The summed E-state index contributed by atoms with van der Waals surface area (Å²) in [6.45, 7) is 0. The highest BCUT2D eigenvalue weighted by molar-refractivity contribution is 14.1. The van der Waals surface area contributed by atoms with Crippen molar-refractivity contribution in [2.24, 2.45) is 4.99 Å². The van der Waals surface area contributed by atoms with Gasteiger partial charge in [-0.1, -0.05) is 9.97 Å². The average molecular weight is 439 g/mol. The molecule has 0 aliphatic carbocycles. The van der Waals surface area contributed by atoms with Gasteiger partial charge >= 0.3 is 0 Å². The molecule has 0 saturated heterocycles. The number of hydrogen-bond acceptors (Lipinski definition) is 3. The van der Waals surface area contributed by atoms with Gasteiger partial charge in [0, 0.05) is 28.8 Å². The summed E-state index contributed by atoms with van der Waals surface area (Å²) in [5.41, 5.74) is 0.946. The highest BCUT2D eigenvalue weighted by atomic mass is 127. The number of nitrogens with zero attached hydrogens (tertiary/aromatic N) is 5. The molecule has 1 aliphatic rings. The average Bonchev–Trinajstić information content (AvgIpc) is 2.44. The molecule has 1 aromatic rings. The van der Waals surface area contributed by atoms with Crippen molar-refractivity contribution in [1.82, 2.24) is 9.97 Å². The summed E-state index contributed by atoms with van der Waals surface area (Å²) in [4.78, 5) is 12.3. The molecule has 16 heavy (non-hydrogen) atoms. The summed E-state index contributed by atoms with van der Waals surface area (Å²) < 4.78 is 4.72. The Labute approximate surface area is 120 Å². The summed E-state index contributed by atoms with van der Waals surface area (Å²) in [7, 11) is 1.92. The summed E-state index contributed by atoms with van der Waals surface area (Å²) in [5.74, 6) is 3.82. The number of allylic oxidation sites excluding steroid dienone is 1. The zero-order valence-corrected chi connectivity index (χ0v) is 12.6. The van der Waals surface area contributed by atoms with Crippen molar-refractivity contribution in [1.29, 1.82) is 0 Å². The highest BCUT2D eigenvalue weighted by Crippen LogP contribution is 2.19. The summed E-state index contributed by atoms with van der Waals surface area (Å²) >= 11 is 4.38. The van der Waals surface area contributed by atoms with E-state index in [-0.39, 0.29) is 0 Å². The Hall–Kier alpha value is -0.670. The van der Waals surface area contributed by atoms with Crippen LogP contribution in [0.25, 0.3) is 5.57 Å². The number of aromatic nitrogens is 3. The molecule has 0 aromatic carbocycles. The molecule has 1 aromatic heterocycles. The molecule has 7 heteroatoms. The third-order valence-electron chi connectivity index (χ3n) is 1.90. The molecule has 0 N–H and O–H groups in total. The van der Waals surface area contributed by atoms with Crippen LogP contribution in [-0.4, -0.2) is 33.7 Å². The second-order valence-electron chi connectivity index (χ2n) is 2.94. The first-order valence-corrected chi connectivity index (χ1v) is 6.37. The van der Waals surface area contributed by atoms with Gasteiger partial charge in [0.2, 0.25) is 6.33 Å². The fraction of sp³-hybridized carbons (Fsp3) is 0.111. The van der Waals surface area contributed by atoms with Crippen LogP contribution in [0.2, 0.25) is 0 Å². The third kappa shape index (κ3) is 2.36. The van der Waals surface area contributed by atoms with Gasteiger partial charge < -0.3 is 0 Å². The molecule has 0 atom stereocenters. The van der Waals surface area contributed by atoms with Gasteiger partial charge in [-0.05, 0) is 0 Å². The van der Waals surface area contributed by atoms with Crippen LogP contribution in [0.5, 0.6) is 0 Å². The second kappa shape index (κ2) is 5.11. The van der Waals surface area contributed by atoms with E-state index >= 15 is 0 Å². The molecule has 0 saturated carbocycles. The molecular weight excluding hydrogens is 432 g/mol. The Kier molecular flexibility index (Phi) is 3.77. The van der Waals surface area contributed by atoms with Gasteiger partial charge in [-0.2, -0.15) is 2.78 Å². The normalized spacial score (nSPS) is 15.1. The lowest BCUT2D eigenvalue weighted by Crippen LogP contribution is -2.28. The minimum absolute atomic E-state index is 0.813. The fourth-order valence-electron chi connectivity index (χ4n) is 1.14. The zero-order valence-electron chi connectivity index (χ0n) is 8.30. The smallest absolute Gasteiger partial charge is 0.249 e. The first-order chi connectivity index (χ1) is 7.70. The minimum Gasteiger partial charge on any atom is -0.249 e. The maximum Gasteiger partial charge on any atom is 0.290 e. The van der Waals surface area contributed by atoms with E-state index in [2.05, 4.69) is 66.3 Å². The van der Waals surface area contributed by atoms with Crippen molar-refractivity contribution in [2.75, 3.05) is 7.05 Å². The van der Waals surface area contributed by atoms with Crippen molar-refractivity contribution in [3.63, 3.8) is 0 Å². The lowest BCUT2D eigenvalue weighted by Gasteiger charge is -1.97. The predicted octanol–water partition coefficient (Wildman–Crippen LogP) is 0.976. The third-order valence-corrected chi connectivity index (χ3v) is 3.92. The molecule has 0 spiro atoms. The van der Waals surface area contributed by atoms with E-state index in [1.165, 1.54) is 6.33 Å². The number of halogens is 2. The molecule has 80 valence electrons. The molecule has 5 nitrogen and oxygen atoms in total. The van der Waals surface area contributed by atoms with Crippen molar-refractivity contribution in [3.8, 4) is 0 Å².